The molecule has 2 heterocycles. The summed E-state index contributed by atoms with van der Waals surface area (Å²) in [7, 11) is 0. The number of nitrogens with one attached hydrogen (secondary N) is 1. The highest BCUT2D eigenvalue weighted by molar-refractivity contribution is 7.13. The minimum Gasteiger partial charge on any atom is -0.492 e. The van der Waals surface area contributed by atoms with Gasteiger partial charge in [0.1, 0.15) is 17.9 Å². The summed E-state index contributed by atoms with van der Waals surface area (Å²) in [6, 6.07) is 7.19. The van der Waals surface area contributed by atoms with Crippen LogP contribution in [0.4, 0.5) is 5.13 Å². The first-order valence-electron chi connectivity index (χ1n) is 7.34. The SMILES string of the molecule is O=C(Nc1nncs1)c1cccc(OCCN2CCCC2)c1. The average molecular weight is 318 g/mol. The van der Waals surface area contributed by atoms with Crippen LogP contribution in [-0.2, 0) is 0 Å². The Kier molecular flexibility index (Phi) is 4.97. The molecular formula is C15H18N4O2S. The minimum absolute atomic E-state index is 0.207. The van der Waals surface area contributed by atoms with Crippen molar-refractivity contribution in [3.05, 3.63) is 35.3 Å². The highest BCUT2D eigenvalue weighted by Crippen LogP contribution is 2.16. The van der Waals surface area contributed by atoms with Gasteiger partial charge in [0.2, 0.25) is 5.13 Å². The van der Waals surface area contributed by atoms with Crippen molar-refractivity contribution in [3.8, 4) is 5.75 Å². The summed E-state index contributed by atoms with van der Waals surface area (Å²) in [5, 5.41) is 10.7. The van der Waals surface area contributed by atoms with Crippen molar-refractivity contribution in [2.45, 2.75) is 12.8 Å². The largest absolute Gasteiger partial charge is 0.492 e. The van der Waals surface area contributed by atoms with Gasteiger partial charge in [-0.05, 0) is 44.1 Å². The molecule has 1 saturated heterocycles. The Morgan fingerprint density at radius 3 is 3.00 bits per heavy atom. The molecule has 3 rings (SSSR count). The Bertz CT molecular complexity index is 612. The van der Waals surface area contributed by atoms with E-state index in [1.165, 1.54) is 24.2 Å². The van der Waals surface area contributed by atoms with E-state index in [-0.39, 0.29) is 5.91 Å². The van der Waals surface area contributed by atoms with Gasteiger partial charge in [-0.2, -0.15) is 0 Å². The van der Waals surface area contributed by atoms with Crippen molar-refractivity contribution in [3.63, 3.8) is 0 Å². The van der Waals surface area contributed by atoms with Crippen LogP contribution in [0.2, 0.25) is 0 Å². The second kappa shape index (κ2) is 7.33. The summed E-state index contributed by atoms with van der Waals surface area (Å²) in [6.07, 6.45) is 2.56. The number of aromatic nitrogens is 2. The number of carbonyl (C=O) groups excluding carboxylic acids is 1. The highest BCUT2D eigenvalue weighted by atomic mass is 32.1. The number of likely N-dealkylation sites (tertiary alicyclic amines) is 1. The van der Waals surface area contributed by atoms with Gasteiger partial charge in [-0.3, -0.25) is 15.0 Å². The van der Waals surface area contributed by atoms with Gasteiger partial charge in [0.25, 0.3) is 5.91 Å². The van der Waals surface area contributed by atoms with Gasteiger partial charge in [-0.25, -0.2) is 0 Å². The second-order valence-electron chi connectivity index (χ2n) is 5.12. The molecule has 7 heteroatoms. The number of ether oxygens (including phenoxy) is 1. The maximum absolute atomic E-state index is 12.1. The Morgan fingerprint density at radius 1 is 1.36 bits per heavy atom. The quantitative estimate of drug-likeness (QED) is 0.885. The standard InChI is InChI=1S/C15H18N4O2S/c20-14(17-15-18-16-11-22-15)12-4-3-5-13(10-12)21-9-8-19-6-1-2-7-19/h3-5,10-11H,1-2,6-9H2,(H,17,18,20). The van der Waals surface area contributed by atoms with Crippen LogP contribution in [0, 0.1) is 0 Å². The van der Waals surface area contributed by atoms with Gasteiger partial charge in [-0.1, -0.05) is 17.4 Å². The third kappa shape index (κ3) is 4.02. The summed E-state index contributed by atoms with van der Waals surface area (Å²) < 4.78 is 5.75. The molecule has 2 aromatic rings. The van der Waals surface area contributed by atoms with Crippen molar-refractivity contribution in [2.75, 3.05) is 31.6 Å². The molecule has 0 bridgehead atoms. The van der Waals surface area contributed by atoms with Crippen LogP contribution in [0.15, 0.2) is 29.8 Å². The lowest BCUT2D eigenvalue weighted by molar-refractivity contribution is 0.102. The molecule has 22 heavy (non-hydrogen) atoms. The zero-order valence-electron chi connectivity index (χ0n) is 12.2. The van der Waals surface area contributed by atoms with E-state index in [4.69, 9.17) is 4.74 Å². The third-order valence-electron chi connectivity index (χ3n) is 3.55. The Morgan fingerprint density at radius 2 is 2.23 bits per heavy atom. The monoisotopic (exact) mass is 318 g/mol. The van der Waals surface area contributed by atoms with Crippen molar-refractivity contribution in [2.24, 2.45) is 0 Å². The zero-order chi connectivity index (χ0) is 15.2. The Hall–Kier alpha value is -1.99. The highest BCUT2D eigenvalue weighted by Gasteiger charge is 2.12. The van der Waals surface area contributed by atoms with Crippen LogP contribution in [0.25, 0.3) is 0 Å². The molecule has 1 fully saturated rings. The van der Waals surface area contributed by atoms with Crippen LogP contribution in [0.5, 0.6) is 5.75 Å². The molecule has 116 valence electrons. The molecule has 0 aliphatic carbocycles. The minimum atomic E-state index is -0.207. The number of hydrogen-bond acceptors (Lipinski definition) is 6. The summed E-state index contributed by atoms with van der Waals surface area (Å²) in [4.78, 5) is 14.5. The summed E-state index contributed by atoms with van der Waals surface area (Å²) in [5.41, 5.74) is 2.13. The van der Waals surface area contributed by atoms with Crippen LogP contribution in [0.3, 0.4) is 0 Å². The van der Waals surface area contributed by atoms with E-state index in [0.717, 1.165) is 19.6 Å². The maximum Gasteiger partial charge on any atom is 0.257 e. The van der Waals surface area contributed by atoms with Crippen molar-refractivity contribution in [1.29, 1.82) is 0 Å². The molecule has 1 aliphatic rings. The van der Waals surface area contributed by atoms with Crippen LogP contribution >= 0.6 is 11.3 Å². The molecule has 1 aromatic carbocycles. The van der Waals surface area contributed by atoms with Gasteiger partial charge in [0.15, 0.2) is 0 Å². The van der Waals surface area contributed by atoms with E-state index in [1.54, 1.807) is 17.6 Å². The molecule has 1 aromatic heterocycles. The summed E-state index contributed by atoms with van der Waals surface area (Å²) in [6.45, 7) is 3.89. The van der Waals surface area contributed by atoms with Crippen LogP contribution in [-0.4, -0.2) is 47.2 Å². The van der Waals surface area contributed by atoms with Crippen molar-refractivity contribution < 1.29 is 9.53 Å². The van der Waals surface area contributed by atoms with Gasteiger partial charge >= 0.3 is 0 Å². The molecule has 0 spiro atoms. The predicted molar refractivity (Wildman–Crippen MR) is 85.5 cm³/mol. The van der Waals surface area contributed by atoms with E-state index in [2.05, 4.69) is 20.4 Å². The van der Waals surface area contributed by atoms with Gasteiger partial charge < -0.3 is 4.74 Å². The first kappa shape index (κ1) is 14.9. The number of anilines is 1. The molecule has 1 N–H and O–H groups in total. The molecular weight excluding hydrogens is 300 g/mol. The van der Waals surface area contributed by atoms with Crippen LogP contribution < -0.4 is 10.1 Å². The first-order valence-corrected chi connectivity index (χ1v) is 8.22. The van der Waals surface area contributed by atoms with E-state index < -0.39 is 0 Å². The Labute approximate surface area is 133 Å². The van der Waals surface area contributed by atoms with Crippen molar-refractivity contribution in [1.82, 2.24) is 15.1 Å². The fourth-order valence-electron chi connectivity index (χ4n) is 2.42. The average Bonchev–Trinajstić information content (AvgIpc) is 3.21. The van der Waals surface area contributed by atoms with Crippen LogP contribution in [0.1, 0.15) is 23.2 Å². The number of nitrogens with zero attached hydrogens (tertiary/aromatic N) is 3. The smallest absolute Gasteiger partial charge is 0.257 e. The normalized spacial score (nSPS) is 14.9. The number of rotatable bonds is 6. The lowest BCUT2D eigenvalue weighted by Gasteiger charge is -2.15. The van der Waals surface area contributed by atoms with E-state index in [1.807, 2.05) is 12.1 Å². The third-order valence-corrected chi connectivity index (χ3v) is 4.16. The molecule has 0 atom stereocenters. The molecule has 0 radical (unpaired) electrons. The molecule has 6 nitrogen and oxygen atoms in total. The zero-order valence-corrected chi connectivity index (χ0v) is 13.0. The maximum atomic E-state index is 12.1. The molecule has 1 amide bonds. The lowest BCUT2D eigenvalue weighted by atomic mass is 10.2. The fraction of sp³-hybridized carbons (Fsp3) is 0.400. The predicted octanol–water partition coefficient (Wildman–Crippen LogP) is 2.27. The molecule has 1 aliphatic heterocycles. The molecule has 0 saturated carbocycles. The second-order valence-corrected chi connectivity index (χ2v) is 5.96. The number of carbonyl (C=O) groups is 1. The summed E-state index contributed by atoms with van der Waals surface area (Å²) >= 11 is 1.29. The van der Waals surface area contributed by atoms with E-state index in [9.17, 15) is 4.79 Å². The van der Waals surface area contributed by atoms with E-state index >= 15 is 0 Å². The number of amides is 1. The Balaban J connectivity index is 1.53. The number of hydrogen-bond donors (Lipinski definition) is 1. The summed E-state index contributed by atoms with van der Waals surface area (Å²) in [5.74, 6) is 0.505. The van der Waals surface area contributed by atoms with Gasteiger partial charge in [-0.15, -0.1) is 10.2 Å². The topological polar surface area (TPSA) is 67.3 Å². The number of benzene rings is 1. The molecule has 0 unspecified atom stereocenters. The van der Waals surface area contributed by atoms with Crippen molar-refractivity contribution >= 4 is 22.4 Å². The fourth-order valence-corrected chi connectivity index (χ4v) is 2.86. The van der Waals surface area contributed by atoms with Gasteiger partial charge in [0.05, 0.1) is 0 Å². The first-order chi connectivity index (χ1) is 10.8. The van der Waals surface area contributed by atoms with Gasteiger partial charge in [0, 0.05) is 12.1 Å². The lowest BCUT2D eigenvalue weighted by Crippen LogP contribution is -2.25. The van der Waals surface area contributed by atoms with E-state index in [0.29, 0.717) is 23.1 Å².